The topological polar surface area (TPSA) is 12.0 Å². The Morgan fingerprint density at radius 1 is 1.07 bits per heavy atom. The Labute approximate surface area is 177 Å². The van der Waals surface area contributed by atoms with Crippen molar-refractivity contribution in [3.8, 4) is 0 Å². The van der Waals surface area contributed by atoms with Crippen molar-refractivity contribution in [2.75, 3.05) is 11.9 Å². The van der Waals surface area contributed by atoms with Gasteiger partial charge in [-0.3, -0.25) is 0 Å². The maximum absolute atomic E-state index is 4.05. The third-order valence-electron chi connectivity index (χ3n) is 6.51. The first kappa shape index (κ1) is 21.4. The van der Waals surface area contributed by atoms with Crippen LogP contribution in [0.3, 0.4) is 0 Å². The number of anilines is 1. The van der Waals surface area contributed by atoms with Crippen LogP contribution in [0.1, 0.15) is 74.1 Å². The van der Waals surface area contributed by atoms with Gasteiger partial charge in [-0.1, -0.05) is 68.5 Å². The van der Waals surface area contributed by atoms with E-state index in [-0.39, 0.29) is 0 Å². The fraction of sp³-hybridized carbons (Fsp3) is 0.429. The van der Waals surface area contributed by atoms with E-state index < -0.39 is 0 Å². The first-order valence-electron chi connectivity index (χ1n) is 11.4. The van der Waals surface area contributed by atoms with E-state index in [9.17, 15) is 0 Å². The molecule has 0 atom stereocenters. The quantitative estimate of drug-likeness (QED) is 0.453. The Morgan fingerprint density at radius 3 is 2.55 bits per heavy atom. The number of hydrogen-bond donors (Lipinski definition) is 1. The van der Waals surface area contributed by atoms with Crippen LogP contribution in [0, 0.1) is 12.8 Å². The highest BCUT2D eigenvalue weighted by atomic mass is 14.9. The van der Waals surface area contributed by atoms with Gasteiger partial charge in [-0.25, -0.2) is 0 Å². The minimum Gasteiger partial charge on any atom is -0.385 e. The van der Waals surface area contributed by atoms with Crippen molar-refractivity contribution in [1.82, 2.24) is 0 Å². The zero-order chi connectivity index (χ0) is 20.6. The molecule has 0 aromatic heterocycles. The summed E-state index contributed by atoms with van der Waals surface area (Å²) in [5.74, 6) is 1.53. The van der Waals surface area contributed by atoms with Crippen molar-refractivity contribution in [3.63, 3.8) is 0 Å². The Hall–Kier alpha value is -2.28. The van der Waals surface area contributed by atoms with Gasteiger partial charge in [0, 0.05) is 12.2 Å². The van der Waals surface area contributed by atoms with Gasteiger partial charge in [0.1, 0.15) is 0 Å². The van der Waals surface area contributed by atoms with E-state index in [1.807, 2.05) is 0 Å². The lowest BCUT2D eigenvalue weighted by molar-refractivity contribution is 0.338. The Balaban J connectivity index is 1.49. The van der Waals surface area contributed by atoms with Gasteiger partial charge in [0.2, 0.25) is 0 Å². The van der Waals surface area contributed by atoms with Crippen LogP contribution >= 0.6 is 0 Å². The van der Waals surface area contributed by atoms with Gasteiger partial charge in [-0.15, -0.1) is 0 Å². The van der Waals surface area contributed by atoms with Gasteiger partial charge in [0.25, 0.3) is 0 Å². The predicted molar refractivity (Wildman–Crippen MR) is 129 cm³/mol. The van der Waals surface area contributed by atoms with E-state index in [0.717, 1.165) is 31.2 Å². The van der Waals surface area contributed by atoms with Crippen molar-refractivity contribution in [1.29, 1.82) is 0 Å². The van der Waals surface area contributed by atoms with Crippen LogP contribution in [0.15, 0.2) is 60.7 Å². The third kappa shape index (κ3) is 6.10. The van der Waals surface area contributed by atoms with Crippen LogP contribution in [0.4, 0.5) is 5.69 Å². The Morgan fingerprint density at radius 2 is 1.86 bits per heavy atom. The first-order chi connectivity index (χ1) is 14.1. The molecular formula is C28H37N. The maximum atomic E-state index is 4.05. The minimum atomic E-state index is 0.746. The zero-order valence-corrected chi connectivity index (χ0v) is 18.5. The summed E-state index contributed by atoms with van der Waals surface area (Å²) >= 11 is 0. The molecule has 0 radical (unpaired) electrons. The summed E-state index contributed by atoms with van der Waals surface area (Å²) in [5.41, 5.74) is 8.13. The molecule has 0 aliphatic heterocycles. The standard InChI is InChI=1S/C28H37N/c1-5-21(3)10-11-23-8-7-9-28(19-23)29-20-24-12-14-26(15-13-24)27-17-16-25(6-2)22(4)18-27/h7-11,16-19,24,26,29H,3,5-6,12-15,20H2,1-2,4H3/b11-10+. The molecule has 0 heterocycles. The van der Waals surface area contributed by atoms with Crippen LogP contribution in [-0.4, -0.2) is 6.54 Å². The highest BCUT2D eigenvalue weighted by Gasteiger charge is 2.22. The highest BCUT2D eigenvalue weighted by Crippen LogP contribution is 2.36. The summed E-state index contributed by atoms with van der Waals surface area (Å²) in [5, 5.41) is 3.68. The molecule has 0 saturated heterocycles. The summed E-state index contributed by atoms with van der Waals surface area (Å²) < 4.78 is 0. The number of rotatable bonds is 8. The average Bonchev–Trinajstić information content (AvgIpc) is 2.76. The van der Waals surface area contributed by atoms with Crippen LogP contribution in [0.2, 0.25) is 0 Å². The lowest BCUT2D eigenvalue weighted by atomic mass is 9.78. The Kier molecular flexibility index (Phi) is 7.75. The van der Waals surface area contributed by atoms with Crippen LogP contribution in [0.25, 0.3) is 6.08 Å². The molecule has 154 valence electrons. The summed E-state index contributed by atoms with van der Waals surface area (Å²) in [7, 11) is 0. The molecule has 1 aliphatic carbocycles. The van der Waals surface area contributed by atoms with Crippen molar-refractivity contribution < 1.29 is 0 Å². The largest absolute Gasteiger partial charge is 0.385 e. The molecule has 0 amide bonds. The summed E-state index contributed by atoms with van der Waals surface area (Å²) in [6.45, 7) is 11.8. The molecule has 1 heteroatoms. The highest BCUT2D eigenvalue weighted by molar-refractivity contribution is 5.59. The van der Waals surface area contributed by atoms with Gasteiger partial charge in [-0.2, -0.15) is 0 Å². The molecule has 1 aliphatic rings. The van der Waals surface area contributed by atoms with Crippen molar-refractivity contribution in [2.45, 2.75) is 65.2 Å². The van der Waals surface area contributed by atoms with Gasteiger partial charge in [-0.05, 0) is 91.7 Å². The lowest BCUT2D eigenvalue weighted by Crippen LogP contribution is -2.20. The number of nitrogens with one attached hydrogen (secondary N) is 1. The molecule has 1 nitrogen and oxygen atoms in total. The third-order valence-corrected chi connectivity index (χ3v) is 6.51. The molecule has 29 heavy (non-hydrogen) atoms. The summed E-state index contributed by atoms with van der Waals surface area (Å²) in [4.78, 5) is 0. The van der Waals surface area contributed by atoms with Crippen LogP contribution < -0.4 is 5.32 Å². The molecule has 0 bridgehead atoms. The van der Waals surface area contributed by atoms with Crippen molar-refractivity contribution in [2.24, 2.45) is 5.92 Å². The van der Waals surface area contributed by atoms with Crippen LogP contribution in [0.5, 0.6) is 0 Å². The van der Waals surface area contributed by atoms with Crippen molar-refractivity contribution >= 4 is 11.8 Å². The van der Waals surface area contributed by atoms with Gasteiger partial charge >= 0.3 is 0 Å². The molecule has 0 spiro atoms. The number of allylic oxidation sites excluding steroid dienone is 2. The molecule has 2 aromatic rings. The fourth-order valence-electron chi connectivity index (χ4n) is 4.42. The zero-order valence-electron chi connectivity index (χ0n) is 18.5. The molecule has 1 N–H and O–H groups in total. The average molecular weight is 388 g/mol. The molecule has 1 fully saturated rings. The maximum Gasteiger partial charge on any atom is 0.0346 e. The molecule has 2 aromatic carbocycles. The SMILES string of the molecule is C=C(/C=C/c1cccc(NCC2CCC(c3ccc(CC)c(C)c3)CC2)c1)CC. The second-order valence-electron chi connectivity index (χ2n) is 8.61. The second-order valence-corrected chi connectivity index (χ2v) is 8.61. The van der Waals surface area contributed by atoms with Crippen molar-refractivity contribution in [3.05, 3.63) is 82.9 Å². The fourth-order valence-corrected chi connectivity index (χ4v) is 4.42. The molecule has 0 unspecified atom stereocenters. The second kappa shape index (κ2) is 10.5. The smallest absolute Gasteiger partial charge is 0.0346 e. The van der Waals surface area contributed by atoms with Gasteiger partial charge in [0.05, 0.1) is 0 Å². The predicted octanol–water partition coefficient (Wildman–Crippen LogP) is 7.92. The van der Waals surface area contributed by atoms with E-state index in [1.165, 1.54) is 53.6 Å². The number of benzene rings is 2. The molecule has 1 saturated carbocycles. The normalized spacial score (nSPS) is 19.4. The number of aryl methyl sites for hydroxylation is 2. The first-order valence-corrected chi connectivity index (χ1v) is 11.4. The summed E-state index contributed by atoms with van der Waals surface area (Å²) in [6.07, 6.45) is 11.7. The van der Waals surface area contributed by atoms with E-state index >= 15 is 0 Å². The van der Waals surface area contributed by atoms with E-state index in [1.54, 1.807) is 5.56 Å². The number of hydrogen-bond acceptors (Lipinski definition) is 1. The lowest BCUT2D eigenvalue weighted by Gasteiger charge is -2.29. The molecule has 3 rings (SSSR count). The van der Waals surface area contributed by atoms with Gasteiger partial charge in [0.15, 0.2) is 0 Å². The van der Waals surface area contributed by atoms with Gasteiger partial charge < -0.3 is 5.32 Å². The van der Waals surface area contributed by atoms with E-state index in [0.29, 0.717) is 0 Å². The van der Waals surface area contributed by atoms with E-state index in [2.05, 4.69) is 87.3 Å². The minimum absolute atomic E-state index is 0.746. The van der Waals surface area contributed by atoms with E-state index in [4.69, 9.17) is 0 Å². The summed E-state index contributed by atoms with van der Waals surface area (Å²) in [6, 6.07) is 15.9. The monoisotopic (exact) mass is 387 g/mol. The molecular weight excluding hydrogens is 350 g/mol. The Bertz CT molecular complexity index is 837. The van der Waals surface area contributed by atoms with Crippen LogP contribution in [-0.2, 0) is 6.42 Å².